The fourth-order valence-corrected chi connectivity index (χ4v) is 2.39. The van der Waals surface area contributed by atoms with Gasteiger partial charge in [-0.1, -0.05) is 11.6 Å². The molecule has 0 unspecified atom stereocenters. The van der Waals surface area contributed by atoms with Crippen molar-refractivity contribution in [3.05, 3.63) is 23.5 Å². The van der Waals surface area contributed by atoms with Gasteiger partial charge < -0.3 is 5.32 Å². The molecule has 1 aromatic rings. The fraction of sp³-hybridized carbons (Fsp3) is 0.444. The van der Waals surface area contributed by atoms with Gasteiger partial charge in [0.15, 0.2) is 0 Å². The van der Waals surface area contributed by atoms with E-state index in [4.69, 9.17) is 11.6 Å². The lowest BCUT2D eigenvalue weighted by atomic mass is 10.4. The number of hydrogen-bond acceptors (Lipinski definition) is 4. The predicted molar refractivity (Wildman–Crippen MR) is 70.2 cm³/mol. The Balaban J connectivity index is 0.00000256. The molecule has 0 atom stereocenters. The lowest BCUT2D eigenvalue weighted by Crippen LogP contribution is -2.26. The predicted octanol–water partition coefficient (Wildman–Crippen LogP) is 1.04. The first kappa shape index (κ1) is 16.6. The average molecular weight is 300 g/mol. The summed E-state index contributed by atoms with van der Waals surface area (Å²) in [5, 5.41) is 3.24. The molecular weight excluding hydrogens is 285 g/mol. The summed E-state index contributed by atoms with van der Waals surface area (Å²) in [6.07, 6.45) is 3.39. The van der Waals surface area contributed by atoms with Crippen LogP contribution in [0.5, 0.6) is 0 Å². The third-order valence-corrected chi connectivity index (χ3v) is 3.52. The van der Waals surface area contributed by atoms with Crippen LogP contribution >= 0.6 is 24.0 Å². The number of nitrogens with zero attached hydrogens (tertiary/aromatic N) is 1. The highest BCUT2D eigenvalue weighted by molar-refractivity contribution is 7.89. The van der Waals surface area contributed by atoms with E-state index in [-0.39, 0.29) is 17.3 Å². The summed E-state index contributed by atoms with van der Waals surface area (Å²) in [6, 6.07) is 1.37. The molecule has 0 saturated heterocycles. The minimum Gasteiger partial charge on any atom is -0.320 e. The Morgan fingerprint density at radius 1 is 1.35 bits per heavy atom. The second kappa shape index (κ2) is 7.84. The molecule has 0 aliphatic heterocycles. The monoisotopic (exact) mass is 299 g/mol. The molecule has 5 nitrogen and oxygen atoms in total. The Bertz CT molecular complexity index is 440. The maximum Gasteiger partial charge on any atom is 0.242 e. The van der Waals surface area contributed by atoms with Gasteiger partial charge in [0.05, 0.1) is 5.02 Å². The Hall–Kier alpha value is -0.400. The second-order valence-corrected chi connectivity index (χ2v) is 5.40. The molecule has 1 aromatic heterocycles. The molecule has 1 heterocycles. The number of halogens is 2. The van der Waals surface area contributed by atoms with Crippen LogP contribution in [0.2, 0.25) is 5.02 Å². The summed E-state index contributed by atoms with van der Waals surface area (Å²) in [7, 11) is -1.67. The third-order valence-electron chi connectivity index (χ3n) is 1.89. The Labute approximate surface area is 112 Å². The zero-order chi connectivity index (χ0) is 12.0. The number of nitrogens with one attached hydrogen (secondary N) is 2. The number of sulfonamides is 1. The molecule has 1 rings (SSSR count). The van der Waals surface area contributed by atoms with E-state index in [2.05, 4.69) is 15.0 Å². The van der Waals surface area contributed by atoms with Crippen LogP contribution in [0, 0.1) is 0 Å². The average Bonchev–Trinajstić information content (AvgIpc) is 2.24. The van der Waals surface area contributed by atoms with Gasteiger partial charge >= 0.3 is 0 Å². The number of pyridine rings is 1. The van der Waals surface area contributed by atoms with Gasteiger partial charge in [-0.2, -0.15) is 0 Å². The van der Waals surface area contributed by atoms with Crippen LogP contribution in [0.25, 0.3) is 0 Å². The number of rotatable bonds is 6. The van der Waals surface area contributed by atoms with Crippen molar-refractivity contribution in [1.29, 1.82) is 0 Å². The first-order valence-electron chi connectivity index (χ1n) is 4.81. The van der Waals surface area contributed by atoms with Crippen molar-refractivity contribution in [1.82, 2.24) is 15.0 Å². The smallest absolute Gasteiger partial charge is 0.242 e. The molecule has 0 bridgehead atoms. The third kappa shape index (κ3) is 5.65. The first-order valence-corrected chi connectivity index (χ1v) is 6.67. The highest BCUT2D eigenvalue weighted by Crippen LogP contribution is 2.12. The number of hydrogen-bond donors (Lipinski definition) is 2. The van der Waals surface area contributed by atoms with Crippen molar-refractivity contribution in [2.45, 2.75) is 11.3 Å². The van der Waals surface area contributed by atoms with Gasteiger partial charge in [-0.05, 0) is 26.1 Å². The highest BCUT2D eigenvalue weighted by atomic mass is 35.5. The fourth-order valence-electron chi connectivity index (χ4n) is 1.09. The van der Waals surface area contributed by atoms with E-state index >= 15 is 0 Å². The second-order valence-electron chi connectivity index (χ2n) is 3.19. The van der Waals surface area contributed by atoms with E-state index in [0.29, 0.717) is 11.6 Å². The van der Waals surface area contributed by atoms with E-state index in [1.54, 1.807) is 0 Å². The van der Waals surface area contributed by atoms with Gasteiger partial charge in [0.1, 0.15) is 4.90 Å². The SMILES string of the molecule is CNCCCNS(=O)(=O)c1cncc(Cl)c1.Cl. The first-order chi connectivity index (χ1) is 7.56. The van der Waals surface area contributed by atoms with Crippen LogP contribution in [0.4, 0.5) is 0 Å². The molecule has 0 amide bonds. The molecule has 2 N–H and O–H groups in total. The zero-order valence-corrected chi connectivity index (χ0v) is 11.7. The summed E-state index contributed by atoms with van der Waals surface area (Å²) < 4.78 is 25.9. The molecule has 0 aliphatic rings. The van der Waals surface area contributed by atoms with E-state index in [1.807, 2.05) is 7.05 Å². The standard InChI is InChI=1S/C9H14ClN3O2S.ClH/c1-11-3-2-4-13-16(14,15)9-5-8(10)6-12-7-9;/h5-7,11,13H,2-4H2,1H3;1H. The minimum atomic E-state index is -3.49. The Kier molecular flexibility index (Phi) is 7.65. The van der Waals surface area contributed by atoms with Crippen molar-refractivity contribution in [3.63, 3.8) is 0 Å². The maximum atomic E-state index is 11.7. The largest absolute Gasteiger partial charge is 0.320 e. The van der Waals surface area contributed by atoms with Crippen molar-refractivity contribution in [2.24, 2.45) is 0 Å². The molecule has 0 aromatic carbocycles. The lowest BCUT2D eigenvalue weighted by Gasteiger charge is -2.06. The van der Waals surface area contributed by atoms with Gasteiger partial charge in [0.25, 0.3) is 0 Å². The molecular formula is C9H15Cl2N3O2S. The van der Waals surface area contributed by atoms with Crippen LogP contribution in [-0.2, 0) is 10.0 Å². The van der Waals surface area contributed by atoms with Gasteiger partial charge in [-0.25, -0.2) is 13.1 Å². The summed E-state index contributed by atoms with van der Waals surface area (Å²) >= 11 is 5.67. The van der Waals surface area contributed by atoms with E-state index < -0.39 is 10.0 Å². The topological polar surface area (TPSA) is 71.1 Å². The zero-order valence-electron chi connectivity index (χ0n) is 9.31. The van der Waals surface area contributed by atoms with Gasteiger partial charge in [-0.3, -0.25) is 4.98 Å². The summed E-state index contributed by atoms with van der Waals surface area (Å²) in [4.78, 5) is 3.82. The maximum absolute atomic E-state index is 11.7. The molecule has 8 heteroatoms. The normalized spacial score (nSPS) is 10.9. The van der Waals surface area contributed by atoms with Crippen molar-refractivity contribution in [3.8, 4) is 0 Å². The van der Waals surface area contributed by atoms with Crippen molar-refractivity contribution < 1.29 is 8.42 Å². The summed E-state index contributed by atoms with van der Waals surface area (Å²) in [5.74, 6) is 0. The van der Waals surface area contributed by atoms with E-state index in [9.17, 15) is 8.42 Å². The van der Waals surface area contributed by atoms with Gasteiger partial charge in [0, 0.05) is 18.9 Å². The van der Waals surface area contributed by atoms with Gasteiger partial charge in [0.2, 0.25) is 10.0 Å². The van der Waals surface area contributed by atoms with Crippen LogP contribution in [0.15, 0.2) is 23.4 Å². The van der Waals surface area contributed by atoms with Crippen molar-refractivity contribution >= 4 is 34.0 Å². The quantitative estimate of drug-likeness (QED) is 0.770. The molecule has 0 aliphatic carbocycles. The van der Waals surface area contributed by atoms with Crippen LogP contribution < -0.4 is 10.0 Å². The van der Waals surface area contributed by atoms with Gasteiger partial charge in [-0.15, -0.1) is 12.4 Å². The highest BCUT2D eigenvalue weighted by Gasteiger charge is 2.13. The number of aromatic nitrogens is 1. The Morgan fingerprint density at radius 2 is 2.06 bits per heavy atom. The molecule has 0 radical (unpaired) electrons. The van der Waals surface area contributed by atoms with Crippen LogP contribution in [0.3, 0.4) is 0 Å². The lowest BCUT2D eigenvalue weighted by molar-refractivity contribution is 0.577. The molecule has 0 fully saturated rings. The summed E-state index contributed by atoms with van der Waals surface area (Å²) in [6.45, 7) is 1.14. The van der Waals surface area contributed by atoms with Crippen LogP contribution in [-0.4, -0.2) is 33.5 Å². The van der Waals surface area contributed by atoms with E-state index in [1.165, 1.54) is 18.5 Å². The molecule has 0 spiro atoms. The Morgan fingerprint density at radius 3 is 2.65 bits per heavy atom. The summed E-state index contributed by atoms with van der Waals surface area (Å²) in [5.41, 5.74) is 0. The molecule has 98 valence electrons. The minimum absolute atomic E-state index is 0. The van der Waals surface area contributed by atoms with E-state index in [0.717, 1.165) is 13.0 Å². The molecule has 0 saturated carbocycles. The van der Waals surface area contributed by atoms with Crippen LogP contribution in [0.1, 0.15) is 6.42 Å². The van der Waals surface area contributed by atoms with Crippen molar-refractivity contribution in [2.75, 3.05) is 20.1 Å². The molecule has 17 heavy (non-hydrogen) atoms.